The Bertz CT molecular complexity index is 249. The molecule has 1 heteroatoms. The van der Waals surface area contributed by atoms with Crippen molar-refractivity contribution >= 4 is 0 Å². The summed E-state index contributed by atoms with van der Waals surface area (Å²) in [6.45, 7) is 10.1. The van der Waals surface area contributed by atoms with Crippen LogP contribution in [0.2, 0.25) is 0 Å². The van der Waals surface area contributed by atoms with Crippen molar-refractivity contribution in [3.8, 4) is 0 Å². The molecule has 0 spiro atoms. The van der Waals surface area contributed by atoms with E-state index in [1.54, 1.807) is 12.2 Å². The summed E-state index contributed by atoms with van der Waals surface area (Å²) in [5.74, 6) is -0.179. The summed E-state index contributed by atoms with van der Waals surface area (Å²) in [5.41, 5.74) is 1.06. The Kier molecular flexibility index (Phi) is 5.44. The van der Waals surface area contributed by atoms with Gasteiger partial charge in [0.1, 0.15) is 5.83 Å². The van der Waals surface area contributed by atoms with Gasteiger partial charge in [0.15, 0.2) is 0 Å². The summed E-state index contributed by atoms with van der Waals surface area (Å²) in [5, 5.41) is 0. The van der Waals surface area contributed by atoms with Crippen LogP contribution < -0.4 is 0 Å². The van der Waals surface area contributed by atoms with Crippen LogP contribution in [0, 0.1) is 5.41 Å². The van der Waals surface area contributed by atoms with E-state index in [0.717, 1.165) is 12.0 Å². The molecule has 0 bridgehead atoms. The first kappa shape index (κ1) is 13.2. The lowest BCUT2D eigenvalue weighted by Gasteiger charge is -2.20. The van der Waals surface area contributed by atoms with Crippen LogP contribution in [0.1, 0.15) is 41.0 Å². The van der Waals surface area contributed by atoms with Gasteiger partial charge in [-0.2, -0.15) is 0 Å². The second-order valence-electron chi connectivity index (χ2n) is 4.35. The fourth-order valence-corrected chi connectivity index (χ4v) is 1.16. The Labute approximate surface area is 87.2 Å². The van der Waals surface area contributed by atoms with Gasteiger partial charge in [0.05, 0.1) is 0 Å². The van der Waals surface area contributed by atoms with Crippen molar-refractivity contribution in [2.45, 2.75) is 41.0 Å². The molecule has 80 valence electrons. The third kappa shape index (κ3) is 5.00. The zero-order valence-corrected chi connectivity index (χ0v) is 9.89. The first-order valence-electron chi connectivity index (χ1n) is 5.12. The van der Waals surface area contributed by atoms with Crippen molar-refractivity contribution in [3.05, 3.63) is 35.7 Å². The fraction of sp³-hybridized carbons (Fsp3) is 0.538. The van der Waals surface area contributed by atoms with E-state index in [1.807, 2.05) is 6.92 Å². The molecule has 14 heavy (non-hydrogen) atoms. The van der Waals surface area contributed by atoms with Crippen LogP contribution in [-0.2, 0) is 0 Å². The number of allylic oxidation sites excluding steroid dienone is 6. The average molecular weight is 196 g/mol. The lowest BCUT2D eigenvalue weighted by Crippen LogP contribution is -2.07. The number of hydrogen-bond acceptors (Lipinski definition) is 0. The highest BCUT2D eigenvalue weighted by Crippen LogP contribution is 2.28. The maximum absolute atomic E-state index is 13.2. The molecule has 0 N–H and O–H groups in total. The smallest absolute Gasteiger partial charge is 0.123 e. The van der Waals surface area contributed by atoms with Gasteiger partial charge in [0.25, 0.3) is 0 Å². The first-order valence-corrected chi connectivity index (χ1v) is 5.12. The van der Waals surface area contributed by atoms with Gasteiger partial charge >= 0.3 is 0 Å². The van der Waals surface area contributed by atoms with Gasteiger partial charge in [-0.3, -0.25) is 0 Å². The molecule has 0 radical (unpaired) electrons. The molecular weight excluding hydrogens is 175 g/mol. The van der Waals surface area contributed by atoms with Crippen molar-refractivity contribution in [1.29, 1.82) is 0 Å². The van der Waals surface area contributed by atoms with Gasteiger partial charge in [-0.05, 0) is 36.5 Å². The largest absolute Gasteiger partial charge is 0.207 e. The third-order valence-corrected chi connectivity index (χ3v) is 1.91. The highest BCUT2D eigenvalue weighted by Gasteiger charge is 2.14. The molecule has 0 saturated heterocycles. The lowest BCUT2D eigenvalue weighted by atomic mass is 9.85. The van der Waals surface area contributed by atoms with E-state index in [1.165, 1.54) is 6.08 Å². The van der Waals surface area contributed by atoms with Crippen molar-refractivity contribution < 1.29 is 4.39 Å². The van der Waals surface area contributed by atoms with Gasteiger partial charge in [-0.25, -0.2) is 4.39 Å². The molecule has 0 unspecified atom stereocenters. The van der Waals surface area contributed by atoms with Gasteiger partial charge < -0.3 is 0 Å². The molecule has 0 nitrogen and oxygen atoms in total. The van der Waals surface area contributed by atoms with E-state index in [9.17, 15) is 4.39 Å². The second-order valence-corrected chi connectivity index (χ2v) is 4.35. The predicted octanol–water partition coefficient (Wildman–Crippen LogP) is 4.80. The topological polar surface area (TPSA) is 0 Å². The van der Waals surface area contributed by atoms with Crippen molar-refractivity contribution in [3.63, 3.8) is 0 Å². The normalized spacial score (nSPS) is 15.3. The monoisotopic (exact) mass is 196 g/mol. The maximum atomic E-state index is 13.2. The molecular formula is C13H21F. The SMILES string of the molecule is C\C=C/C(F)=C\C(=C\CC)C(C)(C)C. The Morgan fingerprint density at radius 2 is 1.86 bits per heavy atom. The van der Waals surface area contributed by atoms with E-state index >= 15 is 0 Å². The van der Waals surface area contributed by atoms with E-state index in [0.29, 0.717) is 0 Å². The first-order chi connectivity index (χ1) is 6.41. The fourth-order valence-electron chi connectivity index (χ4n) is 1.16. The van der Waals surface area contributed by atoms with Crippen LogP contribution in [0.25, 0.3) is 0 Å². The molecule has 0 rings (SSSR count). The molecule has 0 amide bonds. The summed E-state index contributed by atoms with van der Waals surface area (Å²) in [6, 6.07) is 0. The van der Waals surface area contributed by atoms with Gasteiger partial charge in [-0.15, -0.1) is 0 Å². The molecule has 0 aromatic heterocycles. The Balaban J connectivity index is 4.89. The van der Waals surface area contributed by atoms with Crippen molar-refractivity contribution in [2.75, 3.05) is 0 Å². The van der Waals surface area contributed by atoms with Gasteiger partial charge in [0, 0.05) is 0 Å². The van der Waals surface area contributed by atoms with Gasteiger partial charge in [-0.1, -0.05) is 39.8 Å². The zero-order valence-electron chi connectivity index (χ0n) is 9.89. The Hall–Kier alpha value is -0.850. The molecule has 0 aliphatic rings. The van der Waals surface area contributed by atoms with Crippen molar-refractivity contribution in [1.82, 2.24) is 0 Å². The summed E-state index contributed by atoms with van der Waals surface area (Å²) in [6.07, 6.45) is 7.81. The molecule has 0 aromatic carbocycles. The molecule has 0 fully saturated rings. The zero-order chi connectivity index (χ0) is 11.2. The van der Waals surface area contributed by atoms with Crippen molar-refractivity contribution in [2.24, 2.45) is 5.41 Å². The standard InChI is InChI=1S/C13H21F/c1-6-8-11(13(3,4)5)10-12(14)9-7-2/h7-10H,6H2,1-5H3/b9-7-,11-8-,12-10+. The summed E-state index contributed by atoms with van der Waals surface area (Å²) >= 11 is 0. The molecule has 0 aromatic rings. The Morgan fingerprint density at radius 3 is 2.21 bits per heavy atom. The minimum atomic E-state index is -0.179. The van der Waals surface area contributed by atoms with Crippen LogP contribution in [0.15, 0.2) is 35.7 Å². The Morgan fingerprint density at radius 1 is 1.29 bits per heavy atom. The van der Waals surface area contributed by atoms with Crippen LogP contribution in [0.5, 0.6) is 0 Å². The number of hydrogen-bond donors (Lipinski definition) is 0. The van der Waals surface area contributed by atoms with Crippen LogP contribution in [-0.4, -0.2) is 0 Å². The summed E-state index contributed by atoms with van der Waals surface area (Å²) in [4.78, 5) is 0. The molecule has 0 heterocycles. The minimum absolute atomic E-state index is 0.00886. The highest BCUT2D eigenvalue weighted by molar-refractivity contribution is 5.30. The van der Waals surface area contributed by atoms with Gasteiger partial charge in [0.2, 0.25) is 0 Å². The number of halogens is 1. The van der Waals surface area contributed by atoms with E-state index < -0.39 is 0 Å². The summed E-state index contributed by atoms with van der Waals surface area (Å²) in [7, 11) is 0. The minimum Gasteiger partial charge on any atom is -0.207 e. The summed E-state index contributed by atoms with van der Waals surface area (Å²) < 4.78 is 13.2. The van der Waals surface area contributed by atoms with Crippen LogP contribution in [0.3, 0.4) is 0 Å². The third-order valence-electron chi connectivity index (χ3n) is 1.91. The second kappa shape index (κ2) is 5.79. The predicted molar refractivity (Wildman–Crippen MR) is 61.8 cm³/mol. The number of rotatable bonds is 3. The van der Waals surface area contributed by atoms with E-state index in [-0.39, 0.29) is 11.2 Å². The maximum Gasteiger partial charge on any atom is 0.123 e. The van der Waals surface area contributed by atoms with Crippen LogP contribution >= 0.6 is 0 Å². The van der Waals surface area contributed by atoms with E-state index in [4.69, 9.17) is 0 Å². The molecule has 0 aliphatic heterocycles. The van der Waals surface area contributed by atoms with E-state index in [2.05, 4.69) is 33.8 Å². The average Bonchev–Trinajstić information content (AvgIpc) is 2.02. The lowest BCUT2D eigenvalue weighted by molar-refractivity contribution is 0.511. The molecule has 0 saturated carbocycles. The highest BCUT2D eigenvalue weighted by atomic mass is 19.1. The van der Waals surface area contributed by atoms with Crippen LogP contribution in [0.4, 0.5) is 4.39 Å². The quantitative estimate of drug-likeness (QED) is 0.569. The molecule has 0 aliphatic carbocycles. The molecule has 0 atom stereocenters.